The summed E-state index contributed by atoms with van der Waals surface area (Å²) in [5, 5.41) is 7.29. The molecule has 0 saturated carbocycles. The summed E-state index contributed by atoms with van der Waals surface area (Å²) >= 11 is 6.07. The molecule has 2 nitrogen and oxygen atoms in total. The first-order chi connectivity index (χ1) is 11.1. The summed E-state index contributed by atoms with van der Waals surface area (Å²) in [6.45, 7) is 8.41. The molecule has 1 heterocycles. The molecule has 2 atom stereocenters. The third-order valence-corrected chi connectivity index (χ3v) is 4.16. The molecule has 2 N–H and O–H groups in total. The Morgan fingerprint density at radius 1 is 1.30 bits per heavy atom. The molecule has 0 radical (unpaired) electrons. The number of aryl methyl sites for hydroxylation is 1. The van der Waals surface area contributed by atoms with E-state index in [0.717, 1.165) is 12.8 Å². The van der Waals surface area contributed by atoms with Crippen LogP contribution in [0.5, 0.6) is 0 Å². The second-order valence-electron chi connectivity index (χ2n) is 5.77. The Kier molecular flexibility index (Phi) is 6.35. The Bertz CT molecular complexity index is 627. The van der Waals surface area contributed by atoms with Crippen LogP contribution in [0.1, 0.15) is 45.2 Å². The van der Waals surface area contributed by atoms with Gasteiger partial charge in [0.1, 0.15) is 6.17 Å². The van der Waals surface area contributed by atoms with E-state index < -0.39 is 0 Å². The summed E-state index contributed by atoms with van der Waals surface area (Å²) in [6.07, 6.45) is 10.6. The summed E-state index contributed by atoms with van der Waals surface area (Å²) in [5.41, 5.74) is 6.25. The Morgan fingerprint density at radius 3 is 2.70 bits per heavy atom. The normalized spacial score (nSPS) is 21.0. The third kappa shape index (κ3) is 4.20. The first-order valence-corrected chi connectivity index (χ1v) is 8.88. The monoisotopic (exact) mass is 330 g/mol. The standard InChI is InChI=1S/C20H27ClN2/c1-5-9-16(13-12-14(4)21)20-22-17(7-3)19-15(6-2)10-8-11-18(19)23-20/h7-14,20,22-23H,5-6H2,1-4H3/b13-12-,16-9+,17-7+. The number of nitrogens with one attached hydrogen (secondary N) is 2. The van der Waals surface area contributed by atoms with Gasteiger partial charge in [-0.25, -0.2) is 0 Å². The largest absolute Gasteiger partial charge is 0.361 e. The second-order valence-corrected chi connectivity index (χ2v) is 6.45. The van der Waals surface area contributed by atoms with Crippen molar-refractivity contribution >= 4 is 23.0 Å². The molecule has 0 spiro atoms. The van der Waals surface area contributed by atoms with E-state index in [1.54, 1.807) is 0 Å². The summed E-state index contributed by atoms with van der Waals surface area (Å²) in [5.74, 6) is 0. The molecule has 124 valence electrons. The molecule has 1 aromatic rings. The van der Waals surface area contributed by atoms with Crippen LogP contribution in [0.2, 0.25) is 0 Å². The zero-order valence-electron chi connectivity index (χ0n) is 14.5. The minimum atomic E-state index is 0.0269. The van der Waals surface area contributed by atoms with Crippen molar-refractivity contribution in [1.82, 2.24) is 5.32 Å². The zero-order valence-corrected chi connectivity index (χ0v) is 15.2. The van der Waals surface area contributed by atoms with Crippen molar-refractivity contribution < 1.29 is 0 Å². The average Bonchev–Trinajstić information content (AvgIpc) is 2.56. The van der Waals surface area contributed by atoms with Crippen molar-refractivity contribution in [1.29, 1.82) is 0 Å². The highest BCUT2D eigenvalue weighted by molar-refractivity contribution is 6.21. The molecule has 2 rings (SSSR count). The van der Waals surface area contributed by atoms with Crippen LogP contribution in [0.3, 0.4) is 0 Å². The van der Waals surface area contributed by atoms with Crippen molar-refractivity contribution in [3.05, 3.63) is 59.2 Å². The van der Waals surface area contributed by atoms with Gasteiger partial charge in [-0.15, -0.1) is 11.6 Å². The Balaban J connectivity index is 2.39. The van der Waals surface area contributed by atoms with E-state index in [4.69, 9.17) is 11.6 Å². The molecule has 23 heavy (non-hydrogen) atoms. The fourth-order valence-corrected chi connectivity index (χ4v) is 2.98. The Hall–Kier alpha value is -1.67. The topological polar surface area (TPSA) is 24.1 Å². The van der Waals surface area contributed by atoms with Gasteiger partial charge in [-0.1, -0.05) is 50.3 Å². The van der Waals surface area contributed by atoms with E-state index in [0.29, 0.717) is 0 Å². The predicted octanol–water partition coefficient (Wildman–Crippen LogP) is 5.47. The maximum absolute atomic E-state index is 6.07. The molecule has 0 aliphatic carbocycles. The number of hydrogen-bond donors (Lipinski definition) is 2. The van der Waals surface area contributed by atoms with Crippen LogP contribution in [0.25, 0.3) is 5.70 Å². The molecule has 1 aromatic carbocycles. The molecule has 0 fully saturated rings. The molecular weight excluding hydrogens is 304 g/mol. The number of fused-ring (bicyclic) bond motifs is 1. The number of halogens is 1. The Labute approximate surface area is 145 Å². The maximum Gasteiger partial charge on any atom is 0.123 e. The lowest BCUT2D eigenvalue weighted by molar-refractivity contribution is 0.749. The molecule has 3 heteroatoms. The molecule has 2 unspecified atom stereocenters. The number of rotatable bonds is 5. The van der Waals surface area contributed by atoms with E-state index in [1.807, 2.05) is 13.0 Å². The van der Waals surface area contributed by atoms with E-state index in [9.17, 15) is 0 Å². The molecule has 0 aromatic heterocycles. The van der Waals surface area contributed by atoms with Gasteiger partial charge < -0.3 is 10.6 Å². The molecule has 0 bridgehead atoms. The van der Waals surface area contributed by atoms with Gasteiger partial charge in [0.05, 0.1) is 0 Å². The average molecular weight is 331 g/mol. The first kappa shape index (κ1) is 17.7. The second kappa shape index (κ2) is 8.26. The third-order valence-electron chi connectivity index (χ3n) is 4.02. The van der Waals surface area contributed by atoms with Crippen molar-refractivity contribution in [2.45, 2.75) is 52.1 Å². The van der Waals surface area contributed by atoms with Gasteiger partial charge in [-0.3, -0.25) is 0 Å². The van der Waals surface area contributed by atoms with Crippen LogP contribution in [0.4, 0.5) is 5.69 Å². The van der Waals surface area contributed by atoms with Crippen LogP contribution in [-0.2, 0) is 6.42 Å². The van der Waals surface area contributed by atoms with Crippen LogP contribution in [0, 0.1) is 0 Å². The highest BCUT2D eigenvalue weighted by atomic mass is 35.5. The van der Waals surface area contributed by atoms with E-state index in [2.05, 4.69) is 67.8 Å². The van der Waals surface area contributed by atoms with E-state index in [1.165, 1.54) is 28.1 Å². The van der Waals surface area contributed by atoms with Gasteiger partial charge in [0, 0.05) is 22.3 Å². The zero-order chi connectivity index (χ0) is 16.8. The first-order valence-electron chi connectivity index (χ1n) is 8.44. The van der Waals surface area contributed by atoms with E-state index in [-0.39, 0.29) is 11.5 Å². The van der Waals surface area contributed by atoms with Crippen molar-refractivity contribution in [3.8, 4) is 0 Å². The quantitative estimate of drug-likeness (QED) is 0.552. The van der Waals surface area contributed by atoms with Crippen LogP contribution in [-0.4, -0.2) is 11.5 Å². The lowest BCUT2D eigenvalue weighted by Gasteiger charge is -2.33. The molecule has 0 amide bonds. The fraction of sp³-hybridized carbons (Fsp3) is 0.400. The van der Waals surface area contributed by atoms with Gasteiger partial charge in [0.15, 0.2) is 0 Å². The minimum Gasteiger partial charge on any atom is -0.361 e. The van der Waals surface area contributed by atoms with Gasteiger partial charge in [-0.05, 0) is 43.9 Å². The number of benzene rings is 1. The van der Waals surface area contributed by atoms with Crippen molar-refractivity contribution in [2.24, 2.45) is 0 Å². The molecular formula is C20H27ClN2. The summed E-state index contributed by atoms with van der Waals surface area (Å²) in [6, 6.07) is 6.48. The smallest absolute Gasteiger partial charge is 0.123 e. The molecule has 1 aliphatic heterocycles. The van der Waals surface area contributed by atoms with Gasteiger partial charge in [-0.2, -0.15) is 0 Å². The van der Waals surface area contributed by atoms with Crippen molar-refractivity contribution in [2.75, 3.05) is 5.32 Å². The highest BCUT2D eigenvalue weighted by Gasteiger charge is 2.23. The number of anilines is 1. The lowest BCUT2D eigenvalue weighted by Crippen LogP contribution is -2.40. The number of alkyl halides is 1. The molecule has 1 aliphatic rings. The van der Waals surface area contributed by atoms with Crippen molar-refractivity contribution in [3.63, 3.8) is 0 Å². The maximum atomic E-state index is 6.07. The number of hydrogen-bond acceptors (Lipinski definition) is 2. The Morgan fingerprint density at radius 2 is 2.09 bits per heavy atom. The highest BCUT2D eigenvalue weighted by Crippen LogP contribution is 2.32. The van der Waals surface area contributed by atoms with Crippen LogP contribution in [0.15, 0.2) is 48.1 Å². The number of allylic oxidation sites excluding steroid dienone is 3. The molecule has 0 saturated heterocycles. The predicted molar refractivity (Wildman–Crippen MR) is 103 cm³/mol. The lowest BCUT2D eigenvalue weighted by atomic mass is 9.96. The fourth-order valence-electron chi connectivity index (χ4n) is 2.91. The SMILES string of the molecule is C/C=C1/NC(C(/C=C\C(C)Cl)=C/CC)Nc2cccc(CC)c21. The van der Waals surface area contributed by atoms with E-state index >= 15 is 0 Å². The minimum absolute atomic E-state index is 0.0269. The van der Waals surface area contributed by atoms with Crippen LogP contribution < -0.4 is 10.6 Å². The summed E-state index contributed by atoms with van der Waals surface area (Å²) in [4.78, 5) is 0. The summed E-state index contributed by atoms with van der Waals surface area (Å²) < 4.78 is 0. The van der Waals surface area contributed by atoms with Crippen LogP contribution >= 0.6 is 11.6 Å². The van der Waals surface area contributed by atoms with Gasteiger partial charge >= 0.3 is 0 Å². The summed E-state index contributed by atoms with van der Waals surface area (Å²) in [7, 11) is 0. The van der Waals surface area contributed by atoms with Gasteiger partial charge in [0.2, 0.25) is 0 Å². The van der Waals surface area contributed by atoms with Gasteiger partial charge in [0.25, 0.3) is 0 Å².